The normalized spacial score (nSPS) is 25.4. The second-order valence-electron chi connectivity index (χ2n) is 5.33. The number of ether oxygens (including phenoxy) is 2. The van der Waals surface area contributed by atoms with Crippen molar-refractivity contribution in [2.75, 3.05) is 18.5 Å². The molecule has 4 heteroatoms. The van der Waals surface area contributed by atoms with E-state index in [-0.39, 0.29) is 0 Å². The molecule has 19 heavy (non-hydrogen) atoms. The highest BCUT2D eigenvalue weighted by Gasteiger charge is 2.26. The largest absolute Gasteiger partial charge is 0.486 e. The maximum absolute atomic E-state index is 6.33. The first-order chi connectivity index (χ1) is 9.28. The molecule has 3 rings (SSSR count). The molecule has 0 saturated heterocycles. The quantitative estimate of drug-likeness (QED) is 0.905. The van der Waals surface area contributed by atoms with E-state index in [1.807, 2.05) is 12.1 Å². The van der Waals surface area contributed by atoms with Gasteiger partial charge in [0.2, 0.25) is 0 Å². The van der Waals surface area contributed by atoms with E-state index in [0.29, 0.717) is 24.3 Å². The molecule has 2 atom stereocenters. The number of benzene rings is 1. The van der Waals surface area contributed by atoms with Gasteiger partial charge in [-0.3, -0.25) is 0 Å². The minimum absolute atomic E-state index is 0.532. The molecule has 104 valence electrons. The Morgan fingerprint density at radius 1 is 1.21 bits per heavy atom. The molecule has 0 aromatic heterocycles. The Morgan fingerprint density at radius 2 is 1.95 bits per heavy atom. The van der Waals surface area contributed by atoms with Gasteiger partial charge in [0.25, 0.3) is 0 Å². The van der Waals surface area contributed by atoms with Crippen molar-refractivity contribution in [3.63, 3.8) is 0 Å². The fourth-order valence-corrected chi connectivity index (χ4v) is 3.30. The van der Waals surface area contributed by atoms with Gasteiger partial charge >= 0.3 is 0 Å². The van der Waals surface area contributed by atoms with Gasteiger partial charge in [0, 0.05) is 18.2 Å². The average Bonchev–Trinajstić information content (AvgIpc) is 2.87. The minimum atomic E-state index is 0.532. The third kappa shape index (κ3) is 2.62. The Morgan fingerprint density at radius 3 is 2.68 bits per heavy atom. The van der Waals surface area contributed by atoms with E-state index in [4.69, 9.17) is 21.1 Å². The van der Waals surface area contributed by atoms with E-state index in [0.717, 1.165) is 23.1 Å². The van der Waals surface area contributed by atoms with Crippen LogP contribution < -0.4 is 14.8 Å². The maximum Gasteiger partial charge on any atom is 0.163 e. The van der Waals surface area contributed by atoms with Crippen molar-refractivity contribution in [2.45, 2.75) is 38.6 Å². The predicted molar refractivity (Wildman–Crippen MR) is 77.5 cm³/mol. The highest BCUT2D eigenvalue weighted by Crippen LogP contribution is 2.40. The van der Waals surface area contributed by atoms with Gasteiger partial charge in [-0.15, -0.1) is 0 Å². The predicted octanol–water partition coefficient (Wildman–Crippen LogP) is 4.10. The number of nitrogens with one attached hydrogen (secondary N) is 1. The average molecular weight is 282 g/mol. The highest BCUT2D eigenvalue weighted by atomic mass is 35.5. The van der Waals surface area contributed by atoms with E-state index in [1.54, 1.807) is 0 Å². The molecule has 2 aliphatic rings. The Labute approximate surface area is 119 Å². The van der Waals surface area contributed by atoms with Crippen molar-refractivity contribution in [3.8, 4) is 11.5 Å². The van der Waals surface area contributed by atoms with Gasteiger partial charge in [0.05, 0.1) is 10.7 Å². The summed E-state index contributed by atoms with van der Waals surface area (Å²) in [5.41, 5.74) is 0.969. The standard InChI is InChI=1S/C15H20ClNO2/c1-2-10-4-3-5-12(10)17-13-9-15-14(8-11(13)16)18-6-7-19-15/h8-10,12,17H,2-7H2,1H3. The summed E-state index contributed by atoms with van der Waals surface area (Å²) >= 11 is 6.33. The van der Waals surface area contributed by atoms with Crippen LogP contribution in [0.3, 0.4) is 0 Å². The molecule has 3 nitrogen and oxygen atoms in total. The number of hydrogen-bond acceptors (Lipinski definition) is 3. The second kappa shape index (κ2) is 5.49. The molecule has 2 unspecified atom stereocenters. The summed E-state index contributed by atoms with van der Waals surface area (Å²) in [6, 6.07) is 4.36. The van der Waals surface area contributed by atoms with Gasteiger partial charge in [-0.25, -0.2) is 0 Å². The summed E-state index contributed by atoms with van der Waals surface area (Å²) in [7, 11) is 0. The number of anilines is 1. The van der Waals surface area contributed by atoms with Gasteiger partial charge in [0.1, 0.15) is 13.2 Å². The molecule has 0 bridgehead atoms. The van der Waals surface area contributed by atoms with Gasteiger partial charge in [0.15, 0.2) is 11.5 Å². The van der Waals surface area contributed by atoms with Crippen molar-refractivity contribution in [2.24, 2.45) is 5.92 Å². The lowest BCUT2D eigenvalue weighted by molar-refractivity contribution is 0.171. The lowest BCUT2D eigenvalue weighted by Crippen LogP contribution is -2.24. The van der Waals surface area contributed by atoms with Crippen LogP contribution in [-0.4, -0.2) is 19.3 Å². The first kappa shape index (κ1) is 12.9. The van der Waals surface area contributed by atoms with Crippen LogP contribution in [0.1, 0.15) is 32.6 Å². The summed E-state index contributed by atoms with van der Waals surface area (Å²) < 4.78 is 11.1. The van der Waals surface area contributed by atoms with Gasteiger partial charge in [-0.05, 0) is 18.8 Å². The van der Waals surface area contributed by atoms with Crippen LogP contribution in [0.15, 0.2) is 12.1 Å². The number of fused-ring (bicyclic) bond motifs is 1. The van der Waals surface area contributed by atoms with Crippen molar-refractivity contribution in [3.05, 3.63) is 17.2 Å². The zero-order valence-electron chi connectivity index (χ0n) is 11.2. The van der Waals surface area contributed by atoms with Crippen LogP contribution in [0.4, 0.5) is 5.69 Å². The second-order valence-corrected chi connectivity index (χ2v) is 5.73. The Bertz CT molecular complexity index is 464. The van der Waals surface area contributed by atoms with Crippen LogP contribution in [0.25, 0.3) is 0 Å². The van der Waals surface area contributed by atoms with Crippen LogP contribution in [0.5, 0.6) is 11.5 Å². The first-order valence-electron chi connectivity index (χ1n) is 7.13. The molecule has 1 aliphatic heterocycles. The highest BCUT2D eigenvalue weighted by molar-refractivity contribution is 6.33. The molecule has 0 amide bonds. The van der Waals surface area contributed by atoms with Crippen molar-refractivity contribution in [1.29, 1.82) is 0 Å². The van der Waals surface area contributed by atoms with E-state index < -0.39 is 0 Å². The number of hydrogen-bond donors (Lipinski definition) is 1. The minimum Gasteiger partial charge on any atom is -0.486 e. The molecule has 0 radical (unpaired) electrons. The maximum atomic E-state index is 6.33. The molecule has 1 fully saturated rings. The van der Waals surface area contributed by atoms with Gasteiger partial charge < -0.3 is 14.8 Å². The SMILES string of the molecule is CCC1CCCC1Nc1cc2c(cc1Cl)OCCO2. The first-order valence-corrected chi connectivity index (χ1v) is 7.51. The molecule has 1 saturated carbocycles. The number of rotatable bonds is 3. The number of halogens is 1. The zero-order valence-corrected chi connectivity index (χ0v) is 12.0. The third-order valence-electron chi connectivity index (χ3n) is 4.16. The monoisotopic (exact) mass is 281 g/mol. The van der Waals surface area contributed by atoms with Crippen molar-refractivity contribution >= 4 is 17.3 Å². The smallest absolute Gasteiger partial charge is 0.163 e. The Hall–Kier alpha value is -1.09. The fraction of sp³-hybridized carbons (Fsp3) is 0.600. The van der Waals surface area contributed by atoms with Gasteiger partial charge in [-0.1, -0.05) is 31.4 Å². The molecule has 1 aromatic carbocycles. The molecule has 1 aliphatic carbocycles. The van der Waals surface area contributed by atoms with E-state index >= 15 is 0 Å². The van der Waals surface area contributed by atoms with Crippen molar-refractivity contribution < 1.29 is 9.47 Å². The van der Waals surface area contributed by atoms with Crippen LogP contribution in [-0.2, 0) is 0 Å². The Balaban J connectivity index is 1.80. The summed E-state index contributed by atoms with van der Waals surface area (Å²) in [4.78, 5) is 0. The van der Waals surface area contributed by atoms with Crippen molar-refractivity contribution in [1.82, 2.24) is 0 Å². The summed E-state index contributed by atoms with van der Waals surface area (Å²) in [5.74, 6) is 2.30. The van der Waals surface area contributed by atoms with E-state index in [2.05, 4.69) is 12.2 Å². The molecule has 1 aromatic rings. The topological polar surface area (TPSA) is 30.5 Å². The third-order valence-corrected chi connectivity index (χ3v) is 4.47. The molecule has 1 heterocycles. The Kier molecular flexibility index (Phi) is 3.74. The van der Waals surface area contributed by atoms with Crippen LogP contribution in [0, 0.1) is 5.92 Å². The summed E-state index contributed by atoms with van der Waals surface area (Å²) in [6.07, 6.45) is 5.07. The molecule has 0 spiro atoms. The molecular formula is C15H20ClNO2. The lowest BCUT2D eigenvalue weighted by Gasteiger charge is -2.24. The van der Waals surface area contributed by atoms with Crippen LogP contribution >= 0.6 is 11.6 Å². The van der Waals surface area contributed by atoms with Crippen LogP contribution in [0.2, 0.25) is 5.02 Å². The van der Waals surface area contributed by atoms with E-state index in [1.165, 1.54) is 25.7 Å². The van der Waals surface area contributed by atoms with Gasteiger partial charge in [-0.2, -0.15) is 0 Å². The zero-order chi connectivity index (χ0) is 13.2. The summed E-state index contributed by atoms with van der Waals surface area (Å²) in [6.45, 7) is 3.46. The van der Waals surface area contributed by atoms with E-state index in [9.17, 15) is 0 Å². The fourth-order valence-electron chi connectivity index (χ4n) is 3.09. The lowest BCUT2D eigenvalue weighted by atomic mass is 10.0. The molecule has 1 N–H and O–H groups in total. The summed E-state index contributed by atoms with van der Waals surface area (Å²) in [5, 5.41) is 4.31. The molecular weight excluding hydrogens is 262 g/mol.